The average Bonchev–Trinajstić information content (AvgIpc) is 2.30. The van der Waals surface area contributed by atoms with E-state index in [0.29, 0.717) is 16.5 Å². The van der Waals surface area contributed by atoms with Gasteiger partial charge < -0.3 is 10.1 Å². The molecule has 0 amide bonds. The third-order valence-electron chi connectivity index (χ3n) is 2.97. The fourth-order valence-electron chi connectivity index (χ4n) is 2.02. The molecule has 0 unspecified atom stereocenters. The first-order valence-electron chi connectivity index (χ1n) is 5.52. The lowest BCUT2D eigenvalue weighted by atomic mass is 10.0. The molecule has 4 nitrogen and oxygen atoms in total. The number of pyridine rings is 1. The van der Waals surface area contributed by atoms with E-state index in [-0.39, 0.29) is 18.4 Å². The number of para-hydroxylation sites is 1. The van der Waals surface area contributed by atoms with Crippen molar-refractivity contribution in [2.45, 2.75) is 19.8 Å². The first kappa shape index (κ1) is 12.3. The lowest BCUT2D eigenvalue weighted by molar-refractivity contribution is -0.136. The van der Waals surface area contributed by atoms with Gasteiger partial charge in [0.1, 0.15) is 5.82 Å². The molecule has 1 heterocycles. The molecule has 1 aromatic carbocycles. The van der Waals surface area contributed by atoms with Crippen LogP contribution in [0.2, 0.25) is 0 Å². The highest BCUT2D eigenvalue weighted by Gasteiger charge is 2.12. The van der Waals surface area contributed by atoms with Gasteiger partial charge in [-0.15, -0.1) is 0 Å². The minimum Gasteiger partial charge on any atom is -0.481 e. The number of hydrogen-bond acceptors (Lipinski definition) is 2. The second kappa shape index (κ2) is 4.60. The van der Waals surface area contributed by atoms with Gasteiger partial charge in [0.2, 0.25) is 0 Å². The van der Waals surface area contributed by atoms with Crippen molar-refractivity contribution < 1.29 is 14.3 Å². The van der Waals surface area contributed by atoms with Crippen molar-refractivity contribution in [1.82, 2.24) is 4.98 Å². The number of aromatic nitrogens is 1. The Morgan fingerprint density at radius 3 is 2.83 bits per heavy atom. The largest absolute Gasteiger partial charge is 0.481 e. The molecule has 0 atom stereocenters. The third-order valence-corrected chi connectivity index (χ3v) is 2.97. The number of hydrogen-bond donors (Lipinski definition) is 2. The van der Waals surface area contributed by atoms with Gasteiger partial charge >= 0.3 is 5.97 Å². The van der Waals surface area contributed by atoms with Crippen LogP contribution in [0.25, 0.3) is 10.9 Å². The summed E-state index contributed by atoms with van der Waals surface area (Å²) < 4.78 is 13.5. The Hall–Kier alpha value is -2.17. The summed E-state index contributed by atoms with van der Waals surface area (Å²) in [5, 5.41) is 9.25. The van der Waals surface area contributed by atoms with Gasteiger partial charge in [-0.25, -0.2) is 4.39 Å². The molecule has 0 saturated carbocycles. The zero-order valence-corrected chi connectivity index (χ0v) is 9.79. The number of aryl methyl sites for hydroxylation is 1. The van der Waals surface area contributed by atoms with Gasteiger partial charge in [-0.2, -0.15) is 0 Å². The minimum atomic E-state index is -0.965. The number of fused-ring (bicyclic) bond motifs is 1. The van der Waals surface area contributed by atoms with Gasteiger partial charge in [0.15, 0.2) is 0 Å². The Morgan fingerprint density at radius 1 is 1.44 bits per heavy atom. The van der Waals surface area contributed by atoms with Crippen molar-refractivity contribution >= 4 is 16.9 Å². The van der Waals surface area contributed by atoms with Gasteiger partial charge in [0.05, 0.1) is 5.52 Å². The number of rotatable bonds is 3. The number of aromatic amines is 1. The Bertz CT molecular complexity index is 676. The quantitative estimate of drug-likeness (QED) is 0.873. The second-order valence-corrected chi connectivity index (χ2v) is 4.11. The van der Waals surface area contributed by atoms with E-state index in [1.807, 2.05) is 0 Å². The van der Waals surface area contributed by atoms with Crippen LogP contribution in [-0.2, 0) is 11.2 Å². The number of carboxylic acid groups (broad SMARTS) is 1. The predicted molar refractivity (Wildman–Crippen MR) is 65.2 cm³/mol. The smallest absolute Gasteiger partial charge is 0.303 e. The molecule has 0 spiro atoms. The van der Waals surface area contributed by atoms with Crippen LogP contribution in [0.3, 0.4) is 0 Å². The third kappa shape index (κ3) is 2.11. The number of carbonyl (C=O) groups is 1. The van der Waals surface area contributed by atoms with Gasteiger partial charge in [0, 0.05) is 17.4 Å². The summed E-state index contributed by atoms with van der Waals surface area (Å²) in [5.41, 5.74) is 0.774. The molecule has 2 aromatic rings. The maximum atomic E-state index is 13.5. The highest BCUT2D eigenvalue weighted by molar-refractivity contribution is 5.83. The van der Waals surface area contributed by atoms with E-state index >= 15 is 0 Å². The predicted octanol–water partition coefficient (Wildman–Crippen LogP) is 1.99. The van der Waals surface area contributed by atoms with E-state index < -0.39 is 17.3 Å². The van der Waals surface area contributed by atoms with E-state index in [2.05, 4.69) is 4.98 Å². The van der Waals surface area contributed by atoms with E-state index in [9.17, 15) is 14.0 Å². The summed E-state index contributed by atoms with van der Waals surface area (Å²) in [6.45, 7) is 1.70. The maximum Gasteiger partial charge on any atom is 0.303 e. The number of aliphatic carboxylic acids is 1. The molecule has 5 heteroatoms. The zero-order chi connectivity index (χ0) is 13.3. The van der Waals surface area contributed by atoms with Crippen LogP contribution in [0.1, 0.15) is 17.5 Å². The Kier molecular flexibility index (Phi) is 3.14. The molecule has 1 aromatic heterocycles. The zero-order valence-electron chi connectivity index (χ0n) is 9.79. The number of nitrogens with one attached hydrogen (secondary N) is 1. The van der Waals surface area contributed by atoms with Gasteiger partial charge in [-0.05, 0) is 25.0 Å². The summed E-state index contributed by atoms with van der Waals surface area (Å²) in [4.78, 5) is 24.8. The molecule has 0 saturated heterocycles. The first-order valence-corrected chi connectivity index (χ1v) is 5.52. The van der Waals surface area contributed by atoms with E-state index in [1.165, 1.54) is 6.07 Å². The number of carboxylic acids is 1. The molecule has 0 bridgehead atoms. The Labute approximate surface area is 102 Å². The SMILES string of the molecule is Cc1c(CCC(=O)O)c(=O)[nH]c2c(F)cccc12. The van der Waals surface area contributed by atoms with Gasteiger partial charge in [-0.1, -0.05) is 12.1 Å². The molecule has 18 heavy (non-hydrogen) atoms. The summed E-state index contributed by atoms with van der Waals surface area (Å²) in [5.74, 6) is -1.45. The van der Waals surface area contributed by atoms with Crippen molar-refractivity contribution in [1.29, 1.82) is 0 Å². The molecule has 0 fully saturated rings. The monoisotopic (exact) mass is 249 g/mol. The van der Waals surface area contributed by atoms with Crippen LogP contribution < -0.4 is 5.56 Å². The van der Waals surface area contributed by atoms with Crippen LogP contribution in [0, 0.1) is 12.7 Å². The summed E-state index contributed by atoms with van der Waals surface area (Å²) in [6.07, 6.45) is 0.0215. The van der Waals surface area contributed by atoms with Crippen molar-refractivity contribution in [3.8, 4) is 0 Å². The summed E-state index contributed by atoms with van der Waals surface area (Å²) >= 11 is 0. The standard InChI is InChI=1S/C13H12FNO3/c1-7-8-3-2-4-10(14)12(8)15-13(18)9(7)5-6-11(16)17/h2-4H,5-6H2,1H3,(H,15,18)(H,16,17). The van der Waals surface area contributed by atoms with E-state index in [1.54, 1.807) is 19.1 Å². The van der Waals surface area contributed by atoms with Crippen LogP contribution in [-0.4, -0.2) is 16.1 Å². The minimum absolute atomic E-state index is 0.120. The summed E-state index contributed by atoms with van der Waals surface area (Å²) in [6, 6.07) is 4.53. The average molecular weight is 249 g/mol. The lowest BCUT2D eigenvalue weighted by Crippen LogP contribution is -2.16. The normalized spacial score (nSPS) is 10.8. The van der Waals surface area contributed by atoms with Crippen LogP contribution in [0.4, 0.5) is 4.39 Å². The van der Waals surface area contributed by atoms with Gasteiger partial charge in [0.25, 0.3) is 5.56 Å². The van der Waals surface area contributed by atoms with E-state index in [4.69, 9.17) is 5.11 Å². The topological polar surface area (TPSA) is 70.2 Å². The Balaban J connectivity index is 2.62. The molecule has 2 rings (SSSR count). The molecule has 0 aliphatic rings. The maximum absolute atomic E-state index is 13.5. The number of halogens is 1. The number of H-pyrrole nitrogens is 1. The summed E-state index contributed by atoms with van der Waals surface area (Å²) in [7, 11) is 0. The first-order chi connectivity index (χ1) is 8.50. The molecule has 2 N–H and O–H groups in total. The fourth-order valence-corrected chi connectivity index (χ4v) is 2.02. The molecule has 0 radical (unpaired) electrons. The van der Waals surface area contributed by atoms with Crippen molar-refractivity contribution in [3.63, 3.8) is 0 Å². The molecule has 94 valence electrons. The molecule has 0 aliphatic heterocycles. The van der Waals surface area contributed by atoms with Crippen molar-refractivity contribution in [2.75, 3.05) is 0 Å². The molecule has 0 aliphatic carbocycles. The molecular formula is C13H12FNO3. The van der Waals surface area contributed by atoms with Crippen LogP contribution in [0.15, 0.2) is 23.0 Å². The molecular weight excluding hydrogens is 237 g/mol. The number of benzene rings is 1. The van der Waals surface area contributed by atoms with Crippen LogP contribution >= 0.6 is 0 Å². The van der Waals surface area contributed by atoms with Crippen LogP contribution in [0.5, 0.6) is 0 Å². The van der Waals surface area contributed by atoms with Crippen molar-refractivity contribution in [3.05, 3.63) is 45.5 Å². The van der Waals surface area contributed by atoms with Crippen molar-refractivity contribution in [2.24, 2.45) is 0 Å². The van der Waals surface area contributed by atoms with Gasteiger partial charge in [-0.3, -0.25) is 9.59 Å². The van der Waals surface area contributed by atoms with E-state index in [0.717, 1.165) is 0 Å². The second-order valence-electron chi connectivity index (χ2n) is 4.11. The highest BCUT2D eigenvalue weighted by atomic mass is 19.1. The fraction of sp³-hybridized carbons (Fsp3) is 0.231. The highest BCUT2D eigenvalue weighted by Crippen LogP contribution is 2.20. The lowest BCUT2D eigenvalue weighted by Gasteiger charge is -2.08. The Morgan fingerprint density at radius 2 is 2.17 bits per heavy atom.